The Bertz CT molecular complexity index is 643. The Balaban J connectivity index is 1.75. The van der Waals surface area contributed by atoms with Crippen LogP contribution in [0.25, 0.3) is 0 Å². The van der Waals surface area contributed by atoms with E-state index in [0.717, 1.165) is 25.2 Å². The molecular formula is C33H60O8. The minimum Gasteiger partial charge on any atom is -0.491 e. The summed E-state index contributed by atoms with van der Waals surface area (Å²) in [6.07, 6.45) is 10.3. The van der Waals surface area contributed by atoms with Gasteiger partial charge < -0.3 is 37.9 Å². The number of benzene rings is 1. The van der Waals surface area contributed by atoms with Crippen molar-refractivity contribution in [2.45, 2.75) is 72.1 Å². The van der Waals surface area contributed by atoms with Crippen molar-refractivity contribution in [2.24, 2.45) is 5.92 Å². The largest absolute Gasteiger partial charge is 0.491 e. The summed E-state index contributed by atoms with van der Waals surface area (Å²) in [5.74, 6) is 1.50. The van der Waals surface area contributed by atoms with Gasteiger partial charge >= 0.3 is 0 Å². The van der Waals surface area contributed by atoms with Crippen molar-refractivity contribution in [1.82, 2.24) is 0 Å². The highest BCUT2D eigenvalue weighted by Crippen LogP contribution is 2.15. The van der Waals surface area contributed by atoms with Crippen LogP contribution in [0.2, 0.25) is 0 Å². The Morgan fingerprint density at radius 3 is 1.37 bits per heavy atom. The van der Waals surface area contributed by atoms with E-state index in [1.54, 1.807) is 0 Å². The van der Waals surface area contributed by atoms with E-state index in [1.165, 1.54) is 44.1 Å². The molecule has 1 aromatic carbocycles. The van der Waals surface area contributed by atoms with E-state index in [4.69, 9.17) is 37.9 Å². The average Bonchev–Trinajstić information content (AvgIpc) is 2.99. The van der Waals surface area contributed by atoms with Crippen molar-refractivity contribution in [3.05, 3.63) is 29.8 Å². The molecule has 240 valence electrons. The third kappa shape index (κ3) is 26.1. The minimum atomic E-state index is 0.534. The van der Waals surface area contributed by atoms with Crippen molar-refractivity contribution in [1.29, 1.82) is 0 Å². The molecule has 0 aliphatic carbocycles. The SMILES string of the molecule is CCCCCCCCc1ccc(OCCOCCOCCOCCOCCOCCOCCOCC(C)CC)cc1. The lowest BCUT2D eigenvalue weighted by Crippen LogP contribution is -2.15. The monoisotopic (exact) mass is 584 g/mol. The second-order valence-corrected chi connectivity index (χ2v) is 10.3. The summed E-state index contributed by atoms with van der Waals surface area (Å²) in [5, 5.41) is 0. The first-order chi connectivity index (χ1) is 20.3. The highest BCUT2D eigenvalue weighted by atomic mass is 16.6. The third-order valence-electron chi connectivity index (χ3n) is 6.57. The van der Waals surface area contributed by atoms with Crippen molar-refractivity contribution in [3.8, 4) is 5.75 Å². The summed E-state index contributed by atoms with van der Waals surface area (Å²) >= 11 is 0. The number of hydrogen-bond donors (Lipinski definition) is 0. The molecule has 8 heteroatoms. The number of aryl methyl sites for hydroxylation is 1. The van der Waals surface area contributed by atoms with Crippen molar-refractivity contribution < 1.29 is 37.9 Å². The van der Waals surface area contributed by atoms with E-state index in [9.17, 15) is 0 Å². The van der Waals surface area contributed by atoms with E-state index >= 15 is 0 Å². The molecular weight excluding hydrogens is 524 g/mol. The first-order valence-corrected chi connectivity index (χ1v) is 16.0. The number of ether oxygens (including phenoxy) is 8. The molecule has 0 fully saturated rings. The lowest BCUT2D eigenvalue weighted by molar-refractivity contribution is -0.0221. The van der Waals surface area contributed by atoms with Crippen LogP contribution >= 0.6 is 0 Å². The molecule has 1 rings (SSSR count). The molecule has 1 aromatic rings. The van der Waals surface area contributed by atoms with Gasteiger partial charge in [0.05, 0.1) is 85.9 Å². The van der Waals surface area contributed by atoms with Gasteiger partial charge in [-0.05, 0) is 36.5 Å². The maximum atomic E-state index is 5.77. The normalized spacial score (nSPS) is 12.2. The van der Waals surface area contributed by atoms with Gasteiger partial charge in [0.1, 0.15) is 12.4 Å². The van der Waals surface area contributed by atoms with E-state index in [0.29, 0.717) is 98.4 Å². The van der Waals surface area contributed by atoms with E-state index in [1.807, 2.05) is 0 Å². The van der Waals surface area contributed by atoms with E-state index in [2.05, 4.69) is 45.0 Å². The molecule has 0 saturated heterocycles. The predicted octanol–water partition coefficient (Wildman–Crippen LogP) is 6.13. The molecule has 0 bridgehead atoms. The fourth-order valence-electron chi connectivity index (χ4n) is 3.80. The number of rotatable bonds is 32. The zero-order valence-electron chi connectivity index (χ0n) is 26.4. The van der Waals surface area contributed by atoms with Crippen LogP contribution in [0.4, 0.5) is 0 Å². The van der Waals surface area contributed by atoms with Crippen molar-refractivity contribution in [3.63, 3.8) is 0 Å². The Morgan fingerprint density at radius 2 is 0.902 bits per heavy atom. The molecule has 0 aromatic heterocycles. The topological polar surface area (TPSA) is 73.8 Å². The Kier molecular flexibility index (Phi) is 27.8. The van der Waals surface area contributed by atoms with Crippen LogP contribution in [-0.4, -0.2) is 99.1 Å². The highest BCUT2D eigenvalue weighted by Gasteiger charge is 2.00. The highest BCUT2D eigenvalue weighted by molar-refractivity contribution is 5.27. The molecule has 1 atom stereocenters. The quantitative estimate of drug-likeness (QED) is 0.0937. The predicted molar refractivity (Wildman–Crippen MR) is 164 cm³/mol. The number of unbranched alkanes of at least 4 members (excludes halogenated alkanes) is 5. The lowest BCUT2D eigenvalue weighted by atomic mass is 10.0. The van der Waals surface area contributed by atoms with Crippen LogP contribution in [0.5, 0.6) is 5.75 Å². The van der Waals surface area contributed by atoms with Crippen LogP contribution in [0.3, 0.4) is 0 Å². The third-order valence-corrected chi connectivity index (χ3v) is 6.57. The molecule has 0 aliphatic rings. The summed E-state index contributed by atoms with van der Waals surface area (Å²) < 4.78 is 44.4. The van der Waals surface area contributed by atoms with Crippen LogP contribution in [0.1, 0.15) is 71.3 Å². The zero-order chi connectivity index (χ0) is 29.5. The average molecular weight is 585 g/mol. The molecule has 0 heterocycles. The van der Waals surface area contributed by atoms with Crippen molar-refractivity contribution >= 4 is 0 Å². The first-order valence-electron chi connectivity index (χ1n) is 16.0. The summed E-state index contributed by atoms with van der Waals surface area (Å²) in [5.41, 5.74) is 1.38. The fraction of sp³-hybridized carbons (Fsp3) is 0.818. The maximum absolute atomic E-state index is 5.77. The molecule has 0 spiro atoms. The summed E-state index contributed by atoms with van der Waals surface area (Å²) in [6.45, 7) is 15.2. The second-order valence-electron chi connectivity index (χ2n) is 10.3. The zero-order valence-corrected chi connectivity index (χ0v) is 26.4. The smallest absolute Gasteiger partial charge is 0.119 e. The fourth-order valence-corrected chi connectivity index (χ4v) is 3.80. The van der Waals surface area contributed by atoms with Gasteiger partial charge in [0, 0.05) is 6.61 Å². The van der Waals surface area contributed by atoms with Crippen LogP contribution in [-0.2, 0) is 39.6 Å². The molecule has 41 heavy (non-hydrogen) atoms. The van der Waals surface area contributed by atoms with Gasteiger partial charge in [0.25, 0.3) is 0 Å². The lowest BCUT2D eigenvalue weighted by Gasteiger charge is -2.10. The van der Waals surface area contributed by atoms with Crippen LogP contribution in [0.15, 0.2) is 24.3 Å². The van der Waals surface area contributed by atoms with Crippen LogP contribution in [0, 0.1) is 5.92 Å². The Labute approximate surface area is 250 Å². The van der Waals surface area contributed by atoms with Gasteiger partial charge in [-0.1, -0.05) is 71.4 Å². The summed E-state index contributed by atoms with van der Waals surface area (Å²) in [6, 6.07) is 8.45. The van der Waals surface area contributed by atoms with Gasteiger partial charge in [-0.15, -0.1) is 0 Å². The molecule has 0 saturated carbocycles. The second kappa shape index (κ2) is 30.2. The van der Waals surface area contributed by atoms with Crippen molar-refractivity contribution in [2.75, 3.05) is 99.1 Å². The summed E-state index contributed by atoms with van der Waals surface area (Å²) in [7, 11) is 0. The summed E-state index contributed by atoms with van der Waals surface area (Å²) in [4.78, 5) is 0. The standard InChI is InChI=1S/C33H60O8/c1-4-6-7-8-9-10-11-32-12-14-33(15-13-32)41-29-28-39-25-24-37-21-20-35-17-16-34-18-19-36-22-23-38-26-27-40-30-31(3)5-2/h12-15,31H,4-11,16-30H2,1-3H3. The Hall–Kier alpha value is -1.26. The first kappa shape index (κ1) is 37.8. The molecule has 0 radical (unpaired) electrons. The molecule has 0 N–H and O–H groups in total. The molecule has 0 aliphatic heterocycles. The van der Waals surface area contributed by atoms with E-state index in [-0.39, 0.29) is 0 Å². The minimum absolute atomic E-state index is 0.534. The van der Waals surface area contributed by atoms with Gasteiger partial charge in [-0.3, -0.25) is 0 Å². The van der Waals surface area contributed by atoms with Gasteiger partial charge in [0.2, 0.25) is 0 Å². The van der Waals surface area contributed by atoms with Gasteiger partial charge in [-0.2, -0.15) is 0 Å². The van der Waals surface area contributed by atoms with Gasteiger partial charge in [0.15, 0.2) is 0 Å². The Morgan fingerprint density at radius 1 is 0.488 bits per heavy atom. The number of hydrogen-bond acceptors (Lipinski definition) is 8. The van der Waals surface area contributed by atoms with E-state index < -0.39 is 0 Å². The molecule has 1 unspecified atom stereocenters. The van der Waals surface area contributed by atoms with Crippen LogP contribution < -0.4 is 4.74 Å². The molecule has 8 nitrogen and oxygen atoms in total. The van der Waals surface area contributed by atoms with Gasteiger partial charge in [-0.25, -0.2) is 0 Å². The maximum Gasteiger partial charge on any atom is 0.119 e. The molecule has 0 amide bonds.